The van der Waals surface area contributed by atoms with E-state index in [1.54, 1.807) is 12.1 Å². The number of pyridine rings is 1. The van der Waals surface area contributed by atoms with Crippen LogP contribution in [0.1, 0.15) is 16.1 Å². The minimum Gasteiger partial charge on any atom is -0.464 e. The van der Waals surface area contributed by atoms with Crippen LogP contribution in [0.25, 0.3) is 10.9 Å². The summed E-state index contributed by atoms with van der Waals surface area (Å²) in [5, 5.41) is 4.80. The van der Waals surface area contributed by atoms with Gasteiger partial charge in [0.2, 0.25) is 0 Å². The summed E-state index contributed by atoms with van der Waals surface area (Å²) in [4.78, 5) is 16.2. The highest BCUT2D eigenvalue weighted by Gasteiger charge is 2.13. The molecular weight excluding hydrogens is 312 g/mol. The third kappa shape index (κ3) is 3.12. The summed E-state index contributed by atoms with van der Waals surface area (Å²) in [6, 6.07) is 15.0. The second-order valence-electron chi connectivity index (χ2n) is 5.17. The number of esters is 1. The number of anilines is 2. The number of hydrogen-bond acceptors (Lipinski definition) is 4. The topological polar surface area (TPSA) is 51.2 Å². The number of para-hydroxylation sites is 1. The van der Waals surface area contributed by atoms with E-state index in [9.17, 15) is 4.79 Å². The molecule has 0 aliphatic carbocycles. The first-order valence-corrected chi connectivity index (χ1v) is 7.47. The van der Waals surface area contributed by atoms with E-state index in [4.69, 9.17) is 16.3 Å². The van der Waals surface area contributed by atoms with Gasteiger partial charge >= 0.3 is 5.97 Å². The van der Waals surface area contributed by atoms with Crippen LogP contribution in [0.2, 0.25) is 5.02 Å². The second-order valence-corrected chi connectivity index (χ2v) is 5.58. The zero-order valence-electron chi connectivity index (χ0n) is 12.8. The van der Waals surface area contributed by atoms with Crippen molar-refractivity contribution in [3.63, 3.8) is 0 Å². The van der Waals surface area contributed by atoms with E-state index in [1.165, 1.54) is 7.11 Å². The summed E-state index contributed by atoms with van der Waals surface area (Å²) >= 11 is 6.22. The van der Waals surface area contributed by atoms with Gasteiger partial charge in [-0.25, -0.2) is 9.78 Å². The Balaban J connectivity index is 2.18. The third-order valence-electron chi connectivity index (χ3n) is 3.50. The van der Waals surface area contributed by atoms with E-state index in [-0.39, 0.29) is 5.69 Å². The molecule has 0 saturated carbocycles. The quantitative estimate of drug-likeness (QED) is 0.707. The van der Waals surface area contributed by atoms with Crippen LogP contribution in [0.15, 0.2) is 48.5 Å². The van der Waals surface area contributed by atoms with Crippen molar-refractivity contribution >= 4 is 39.8 Å². The van der Waals surface area contributed by atoms with E-state index in [2.05, 4.69) is 10.3 Å². The minimum atomic E-state index is -0.477. The standard InChI is InChI=1S/C18H15ClN2O2/c1-11-7-8-14-12(9-11)16(10-17(20-14)18(22)23-2)21-15-6-4-3-5-13(15)19/h3-10H,1-2H3,(H,20,21). The highest BCUT2D eigenvalue weighted by Crippen LogP contribution is 2.30. The SMILES string of the molecule is COC(=O)c1cc(Nc2ccccc2Cl)c2cc(C)ccc2n1. The van der Waals surface area contributed by atoms with Gasteiger partial charge in [-0.2, -0.15) is 0 Å². The molecule has 0 radical (unpaired) electrons. The Morgan fingerprint density at radius 2 is 1.91 bits per heavy atom. The summed E-state index contributed by atoms with van der Waals surface area (Å²) in [5.41, 5.74) is 3.59. The van der Waals surface area contributed by atoms with E-state index in [1.807, 2.05) is 43.3 Å². The van der Waals surface area contributed by atoms with Gasteiger partial charge in [0.15, 0.2) is 5.69 Å². The fraction of sp³-hybridized carbons (Fsp3) is 0.111. The van der Waals surface area contributed by atoms with Crippen LogP contribution < -0.4 is 5.32 Å². The number of ether oxygens (including phenoxy) is 1. The number of methoxy groups -OCH3 is 1. The van der Waals surface area contributed by atoms with Crippen LogP contribution in [-0.4, -0.2) is 18.1 Å². The monoisotopic (exact) mass is 326 g/mol. The number of hydrogen-bond donors (Lipinski definition) is 1. The fourth-order valence-corrected chi connectivity index (χ4v) is 2.54. The number of aryl methyl sites for hydroxylation is 1. The maximum atomic E-state index is 11.9. The molecule has 0 amide bonds. The number of carbonyl (C=O) groups excluding carboxylic acids is 1. The van der Waals surface area contributed by atoms with Crippen molar-refractivity contribution in [1.29, 1.82) is 0 Å². The Hall–Kier alpha value is -2.59. The van der Waals surface area contributed by atoms with E-state index in [0.29, 0.717) is 10.5 Å². The Bertz CT molecular complexity index is 893. The van der Waals surface area contributed by atoms with Crippen LogP contribution >= 0.6 is 11.6 Å². The Morgan fingerprint density at radius 1 is 1.13 bits per heavy atom. The molecule has 0 unspecified atom stereocenters. The number of carbonyl (C=O) groups is 1. The van der Waals surface area contributed by atoms with Gasteiger partial charge in [0, 0.05) is 5.39 Å². The lowest BCUT2D eigenvalue weighted by molar-refractivity contribution is 0.0594. The molecule has 0 atom stereocenters. The Labute approximate surface area is 139 Å². The smallest absolute Gasteiger partial charge is 0.356 e. The minimum absolute atomic E-state index is 0.249. The highest BCUT2D eigenvalue weighted by atomic mass is 35.5. The van der Waals surface area contributed by atoms with Crippen molar-refractivity contribution < 1.29 is 9.53 Å². The molecule has 1 heterocycles. The van der Waals surface area contributed by atoms with Crippen LogP contribution in [0.5, 0.6) is 0 Å². The van der Waals surface area contributed by atoms with Crippen LogP contribution in [-0.2, 0) is 4.74 Å². The van der Waals surface area contributed by atoms with Gasteiger partial charge in [0.1, 0.15) is 0 Å². The summed E-state index contributed by atoms with van der Waals surface area (Å²) in [6.07, 6.45) is 0. The number of nitrogens with one attached hydrogen (secondary N) is 1. The maximum absolute atomic E-state index is 11.9. The Morgan fingerprint density at radius 3 is 2.65 bits per heavy atom. The molecule has 4 nitrogen and oxygen atoms in total. The molecule has 1 N–H and O–H groups in total. The summed E-state index contributed by atoms with van der Waals surface area (Å²) in [6.45, 7) is 2.01. The van der Waals surface area contributed by atoms with E-state index < -0.39 is 5.97 Å². The molecule has 5 heteroatoms. The van der Waals surface area contributed by atoms with Gasteiger partial charge < -0.3 is 10.1 Å². The highest BCUT2D eigenvalue weighted by molar-refractivity contribution is 6.33. The predicted molar refractivity (Wildman–Crippen MR) is 92.6 cm³/mol. The molecule has 2 aromatic carbocycles. The zero-order valence-corrected chi connectivity index (χ0v) is 13.5. The van der Waals surface area contributed by atoms with Crippen molar-refractivity contribution in [2.75, 3.05) is 12.4 Å². The first-order valence-electron chi connectivity index (χ1n) is 7.10. The average Bonchev–Trinajstić information content (AvgIpc) is 2.56. The normalized spacial score (nSPS) is 10.6. The van der Waals surface area contributed by atoms with Gasteiger partial charge in [-0.1, -0.05) is 35.4 Å². The number of halogens is 1. The maximum Gasteiger partial charge on any atom is 0.356 e. The van der Waals surface area contributed by atoms with Gasteiger partial charge in [-0.15, -0.1) is 0 Å². The lowest BCUT2D eigenvalue weighted by Crippen LogP contribution is -2.06. The largest absolute Gasteiger partial charge is 0.464 e. The molecule has 1 aromatic heterocycles. The molecule has 0 fully saturated rings. The third-order valence-corrected chi connectivity index (χ3v) is 3.83. The number of benzene rings is 2. The molecular formula is C18H15ClN2O2. The van der Waals surface area contributed by atoms with Crippen molar-refractivity contribution in [2.24, 2.45) is 0 Å². The van der Waals surface area contributed by atoms with Crippen LogP contribution in [0, 0.1) is 6.92 Å². The van der Waals surface area contributed by atoms with E-state index in [0.717, 1.165) is 22.3 Å². The number of rotatable bonds is 3. The van der Waals surface area contributed by atoms with E-state index >= 15 is 0 Å². The van der Waals surface area contributed by atoms with Gasteiger partial charge in [0.05, 0.1) is 29.0 Å². The predicted octanol–water partition coefficient (Wildman–Crippen LogP) is 4.73. The first kappa shape index (κ1) is 15.3. The van der Waals surface area contributed by atoms with Crippen molar-refractivity contribution in [1.82, 2.24) is 4.98 Å². The first-order chi connectivity index (χ1) is 11.1. The summed E-state index contributed by atoms with van der Waals surface area (Å²) < 4.78 is 4.78. The number of fused-ring (bicyclic) bond motifs is 1. The molecule has 3 aromatic rings. The molecule has 0 aliphatic rings. The number of aromatic nitrogens is 1. The molecule has 0 bridgehead atoms. The van der Waals surface area contributed by atoms with Gasteiger partial charge in [-0.05, 0) is 37.3 Å². The lowest BCUT2D eigenvalue weighted by atomic mass is 10.1. The molecule has 3 rings (SSSR count). The average molecular weight is 327 g/mol. The molecule has 23 heavy (non-hydrogen) atoms. The van der Waals surface area contributed by atoms with Gasteiger partial charge in [0.25, 0.3) is 0 Å². The van der Waals surface area contributed by atoms with Gasteiger partial charge in [-0.3, -0.25) is 0 Å². The number of nitrogens with zero attached hydrogens (tertiary/aromatic N) is 1. The molecule has 116 valence electrons. The van der Waals surface area contributed by atoms with Crippen molar-refractivity contribution in [2.45, 2.75) is 6.92 Å². The van der Waals surface area contributed by atoms with Crippen LogP contribution in [0.4, 0.5) is 11.4 Å². The van der Waals surface area contributed by atoms with Crippen LogP contribution in [0.3, 0.4) is 0 Å². The zero-order chi connectivity index (χ0) is 16.4. The van der Waals surface area contributed by atoms with Crippen molar-refractivity contribution in [3.8, 4) is 0 Å². The molecule has 0 saturated heterocycles. The Kier molecular flexibility index (Phi) is 4.17. The fourth-order valence-electron chi connectivity index (χ4n) is 2.36. The molecule has 0 aliphatic heterocycles. The van der Waals surface area contributed by atoms with Crippen molar-refractivity contribution in [3.05, 3.63) is 64.8 Å². The molecule has 0 spiro atoms. The lowest BCUT2D eigenvalue weighted by Gasteiger charge is -2.13. The second kappa shape index (κ2) is 6.26. The summed E-state index contributed by atoms with van der Waals surface area (Å²) in [7, 11) is 1.34. The summed E-state index contributed by atoms with van der Waals surface area (Å²) in [5.74, 6) is -0.477.